The van der Waals surface area contributed by atoms with Gasteiger partial charge in [-0.3, -0.25) is 9.48 Å². The molecule has 1 fully saturated rings. The zero-order chi connectivity index (χ0) is 22.6. The van der Waals surface area contributed by atoms with Gasteiger partial charge in [-0.1, -0.05) is 0 Å². The summed E-state index contributed by atoms with van der Waals surface area (Å²) < 4.78 is 48.0. The van der Waals surface area contributed by atoms with Crippen LogP contribution in [0.25, 0.3) is 11.3 Å². The predicted molar refractivity (Wildman–Crippen MR) is 110 cm³/mol. The number of carbonyl (C=O) groups is 1. The van der Waals surface area contributed by atoms with Crippen LogP contribution in [-0.2, 0) is 13.5 Å². The number of hydrogen-bond acceptors (Lipinski definition) is 4. The van der Waals surface area contributed by atoms with Crippen LogP contribution < -0.4 is 4.74 Å². The van der Waals surface area contributed by atoms with Crippen molar-refractivity contribution in [2.24, 2.45) is 7.05 Å². The third kappa shape index (κ3) is 3.14. The van der Waals surface area contributed by atoms with Crippen molar-refractivity contribution in [3.8, 4) is 17.1 Å². The van der Waals surface area contributed by atoms with Crippen LogP contribution in [0, 0.1) is 17.5 Å². The van der Waals surface area contributed by atoms with Crippen LogP contribution in [0.3, 0.4) is 0 Å². The fourth-order valence-corrected chi connectivity index (χ4v) is 4.98. The van der Waals surface area contributed by atoms with Crippen molar-refractivity contribution < 1.29 is 22.7 Å². The Morgan fingerprint density at radius 1 is 1.16 bits per heavy atom. The second kappa shape index (κ2) is 7.65. The molecule has 9 heteroatoms. The van der Waals surface area contributed by atoms with Gasteiger partial charge in [-0.15, -0.1) is 0 Å². The molecule has 2 aliphatic rings. The molecular formula is C23H21F3N4O2. The Labute approximate surface area is 182 Å². The van der Waals surface area contributed by atoms with Crippen molar-refractivity contribution in [1.82, 2.24) is 19.7 Å². The molecule has 0 aliphatic carbocycles. The molecule has 4 heterocycles. The van der Waals surface area contributed by atoms with E-state index in [-0.39, 0.29) is 23.6 Å². The van der Waals surface area contributed by atoms with Gasteiger partial charge in [0.1, 0.15) is 0 Å². The summed E-state index contributed by atoms with van der Waals surface area (Å²) in [5.74, 6) is -3.68. The van der Waals surface area contributed by atoms with E-state index < -0.39 is 17.5 Å². The molecular weight excluding hydrogens is 421 g/mol. The lowest BCUT2D eigenvalue weighted by atomic mass is 9.81. The summed E-state index contributed by atoms with van der Waals surface area (Å²) in [7, 11) is 3.20. The van der Waals surface area contributed by atoms with Gasteiger partial charge in [0.15, 0.2) is 17.5 Å². The number of hydrogen-bond donors (Lipinski definition) is 0. The zero-order valence-corrected chi connectivity index (χ0v) is 17.6. The molecule has 2 aliphatic heterocycles. The minimum atomic E-state index is -1.49. The second-order valence-electron chi connectivity index (χ2n) is 8.20. The maximum atomic E-state index is 13.9. The van der Waals surface area contributed by atoms with Gasteiger partial charge in [-0.2, -0.15) is 5.10 Å². The first-order valence-electron chi connectivity index (χ1n) is 10.4. The lowest BCUT2D eigenvalue weighted by Gasteiger charge is -2.45. The average molecular weight is 442 g/mol. The highest BCUT2D eigenvalue weighted by Crippen LogP contribution is 2.45. The highest BCUT2D eigenvalue weighted by Gasteiger charge is 2.43. The summed E-state index contributed by atoms with van der Waals surface area (Å²) in [5, 5.41) is 4.63. The van der Waals surface area contributed by atoms with Crippen LogP contribution in [0.4, 0.5) is 13.2 Å². The monoisotopic (exact) mass is 442 g/mol. The molecule has 0 N–H and O–H groups in total. The Morgan fingerprint density at radius 3 is 2.56 bits per heavy atom. The van der Waals surface area contributed by atoms with Crippen molar-refractivity contribution >= 4 is 5.91 Å². The number of rotatable bonds is 3. The number of ether oxygens (including phenoxy) is 1. The van der Waals surface area contributed by atoms with Crippen LogP contribution in [-0.4, -0.2) is 38.7 Å². The van der Waals surface area contributed by atoms with E-state index in [9.17, 15) is 18.0 Å². The topological polar surface area (TPSA) is 60.2 Å². The van der Waals surface area contributed by atoms with Crippen LogP contribution in [0.15, 0.2) is 30.5 Å². The number of aromatic nitrogens is 3. The van der Waals surface area contributed by atoms with Crippen LogP contribution >= 0.6 is 0 Å². The molecule has 2 atom stereocenters. The zero-order valence-electron chi connectivity index (χ0n) is 17.6. The summed E-state index contributed by atoms with van der Waals surface area (Å²) in [6, 6.07) is 5.00. The summed E-state index contributed by atoms with van der Waals surface area (Å²) in [6.07, 6.45) is 4.50. The minimum Gasteiger partial charge on any atom is -0.481 e. The van der Waals surface area contributed by atoms with E-state index >= 15 is 0 Å². The van der Waals surface area contributed by atoms with E-state index in [2.05, 4.69) is 10.1 Å². The van der Waals surface area contributed by atoms with E-state index in [0.29, 0.717) is 23.6 Å². The summed E-state index contributed by atoms with van der Waals surface area (Å²) in [4.78, 5) is 19.4. The van der Waals surface area contributed by atoms with Crippen LogP contribution in [0.5, 0.6) is 5.88 Å². The Balaban J connectivity index is 1.56. The maximum absolute atomic E-state index is 13.9. The van der Waals surface area contributed by atoms with Crippen molar-refractivity contribution in [1.29, 1.82) is 0 Å². The Morgan fingerprint density at radius 2 is 1.91 bits per heavy atom. The molecule has 0 spiro atoms. The molecule has 6 nitrogen and oxygen atoms in total. The van der Waals surface area contributed by atoms with Gasteiger partial charge in [0, 0.05) is 36.5 Å². The van der Waals surface area contributed by atoms with E-state index in [0.717, 1.165) is 42.7 Å². The Kier molecular flexibility index (Phi) is 4.91. The normalized spacial score (nSPS) is 19.6. The lowest BCUT2D eigenvalue weighted by molar-refractivity contribution is 0.0391. The predicted octanol–water partition coefficient (Wildman–Crippen LogP) is 4.20. The fraction of sp³-hybridized carbons (Fsp3) is 0.348. The van der Waals surface area contributed by atoms with Crippen LogP contribution in [0.2, 0.25) is 0 Å². The molecule has 0 saturated carbocycles. The molecule has 1 aromatic carbocycles. The lowest BCUT2D eigenvalue weighted by Crippen LogP contribution is -2.49. The second-order valence-corrected chi connectivity index (χ2v) is 8.20. The van der Waals surface area contributed by atoms with Gasteiger partial charge in [-0.25, -0.2) is 18.2 Å². The van der Waals surface area contributed by atoms with E-state index in [1.165, 1.54) is 13.3 Å². The molecule has 1 saturated heterocycles. The molecule has 0 radical (unpaired) electrons. The highest BCUT2D eigenvalue weighted by molar-refractivity contribution is 5.95. The number of halogens is 3. The fourth-order valence-electron chi connectivity index (χ4n) is 4.98. The summed E-state index contributed by atoms with van der Waals surface area (Å²) in [6.45, 7) is 0. The van der Waals surface area contributed by atoms with Gasteiger partial charge < -0.3 is 9.64 Å². The first-order chi connectivity index (χ1) is 15.4. The third-order valence-electron chi connectivity index (χ3n) is 6.36. The number of nitrogens with zero attached hydrogens (tertiary/aromatic N) is 4. The molecule has 2 aromatic heterocycles. The quantitative estimate of drug-likeness (QED) is 0.571. The number of methoxy groups -OCH3 is 1. The van der Waals surface area contributed by atoms with Gasteiger partial charge in [0.05, 0.1) is 30.1 Å². The first-order valence-corrected chi connectivity index (χ1v) is 10.4. The van der Waals surface area contributed by atoms with Crippen molar-refractivity contribution in [3.05, 3.63) is 64.7 Å². The standard InChI is InChI=1S/C23H21F3N4O2/c1-29-22(13-8-16(24)20(26)17(25)9-13)15-10-14-4-3-5-18(21(15)28-29)30(14)23(31)12-6-7-19(32-2)27-11-12/h6-9,11,14,18H,3-5,10H2,1-2H3/t14-,18+/m0/s1. The summed E-state index contributed by atoms with van der Waals surface area (Å²) >= 11 is 0. The molecule has 2 bridgehead atoms. The van der Waals surface area contributed by atoms with Gasteiger partial charge in [-0.05, 0) is 43.9 Å². The third-order valence-corrected chi connectivity index (χ3v) is 6.36. The van der Waals surface area contributed by atoms with Crippen molar-refractivity contribution in [3.63, 3.8) is 0 Å². The SMILES string of the molecule is COc1ccc(C(=O)N2[C@H]3CCC[C@@H]2c2nn(C)c(-c4cc(F)c(F)c(F)c4)c2C3)cn1. The number of carbonyl (C=O) groups excluding carboxylic acids is 1. The molecule has 1 amide bonds. The van der Waals surface area contributed by atoms with Crippen molar-refractivity contribution in [2.75, 3.05) is 7.11 Å². The minimum absolute atomic E-state index is 0.0751. The number of amides is 1. The van der Waals surface area contributed by atoms with Gasteiger partial charge >= 0.3 is 0 Å². The first kappa shape index (κ1) is 20.5. The summed E-state index contributed by atoms with van der Waals surface area (Å²) in [5.41, 5.74) is 2.82. The largest absolute Gasteiger partial charge is 0.481 e. The molecule has 5 rings (SSSR count). The van der Waals surface area contributed by atoms with E-state index in [4.69, 9.17) is 4.74 Å². The van der Waals surface area contributed by atoms with Gasteiger partial charge in [0.2, 0.25) is 5.88 Å². The Hall–Kier alpha value is -3.36. The number of fused-ring (bicyclic) bond motifs is 4. The maximum Gasteiger partial charge on any atom is 0.256 e. The Bertz CT molecular complexity index is 1190. The smallest absolute Gasteiger partial charge is 0.256 e. The molecule has 166 valence electrons. The van der Waals surface area contributed by atoms with E-state index in [1.807, 2.05) is 4.90 Å². The van der Waals surface area contributed by atoms with Gasteiger partial charge in [0.25, 0.3) is 5.91 Å². The number of pyridine rings is 1. The highest BCUT2D eigenvalue weighted by atomic mass is 19.2. The number of piperidine rings is 1. The van der Waals surface area contributed by atoms with E-state index in [1.54, 1.807) is 23.9 Å². The number of aryl methyl sites for hydroxylation is 1. The molecule has 3 aromatic rings. The molecule has 0 unspecified atom stereocenters. The van der Waals surface area contributed by atoms with Crippen molar-refractivity contribution in [2.45, 2.75) is 37.8 Å². The molecule has 32 heavy (non-hydrogen) atoms. The van der Waals surface area contributed by atoms with Crippen LogP contribution in [0.1, 0.15) is 46.9 Å². The average Bonchev–Trinajstić information content (AvgIpc) is 3.12. The number of benzene rings is 1.